The van der Waals surface area contributed by atoms with Crippen molar-refractivity contribution in [1.82, 2.24) is 0 Å². The number of phenols is 1. The first kappa shape index (κ1) is 34.6. The van der Waals surface area contributed by atoms with Crippen LogP contribution in [0.4, 0.5) is 0 Å². The molecular formula is C31H53BO8. The quantitative estimate of drug-likeness (QED) is 0.201. The molecule has 1 aromatic carbocycles. The van der Waals surface area contributed by atoms with Crippen molar-refractivity contribution in [2.45, 2.75) is 117 Å². The third-order valence-corrected chi connectivity index (χ3v) is 7.19. The molecular weight excluding hydrogens is 511 g/mol. The summed E-state index contributed by atoms with van der Waals surface area (Å²) >= 11 is 0. The third kappa shape index (κ3) is 11.7. The SMILES string of the molecule is CCCCC(CC)COB1OCC(COCC(O)COC(=O)CCc2cc(C(C)(C)C)c(O)c(C(C)(C)C)c2)O1. The molecule has 1 saturated heterocycles. The molecule has 0 aliphatic carbocycles. The van der Waals surface area contributed by atoms with Gasteiger partial charge in [-0.25, -0.2) is 0 Å². The largest absolute Gasteiger partial charge is 0.639 e. The average molecular weight is 565 g/mol. The van der Waals surface area contributed by atoms with E-state index in [2.05, 4.69) is 55.4 Å². The number of aromatic hydroxyl groups is 1. The summed E-state index contributed by atoms with van der Waals surface area (Å²) in [5, 5.41) is 21.1. The van der Waals surface area contributed by atoms with E-state index in [-0.39, 0.29) is 43.2 Å². The van der Waals surface area contributed by atoms with E-state index in [1.54, 1.807) is 0 Å². The Morgan fingerprint density at radius 3 is 2.30 bits per heavy atom. The molecule has 0 amide bonds. The number of carbonyl (C=O) groups excluding carboxylic acids is 1. The van der Waals surface area contributed by atoms with Crippen LogP contribution in [-0.2, 0) is 45.5 Å². The van der Waals surface area contributed by atoms with Gasteiger partial charge in [-0.3, -0.25) is 4.79 Å². The number of phenolic OH excluding ortho intramolecular Hbond substituents is 1. The highest BCUT2D eigenvalue weighted by Crippen LogP contribution is 2.40. The lowest BCUT2D eigenvalue weighted by molar-refractivity contribution is -0.148. The normalized spacial score (nSPS) is 17.7. The average Bonchev–Trinajstić information content (AvgIpc) is 3.33. The Kier molecular flexibility index (Phi) is 13.9. The van der Waals surface area contributed by atoms with Gasteiger partial charge in [0.15, 0.2) is 0 Å². The summed E-state index contributed by atoms with van der Waals surface area (Å²) in [6, 6.07) is 3.94. The zero-order chi connectivity index (χ0) is 29.9. The fourth-order valence-corrected chi connectivity index (χ4v) is 4.58. The molecule has 9 heteroatoms. The van der Waals surface area contributed by atoms with Gasteiger partial charge in [-0.2, -0.15) is 0 Å². The Morgan fingerprint density at radius 2 is 1.73 bits per heavy atom. The zero-order valence-electron chi connectivity index (χ0n) is 26.1. The van der Waals surface area contributed by atoms with Gasteiger partial charge >= 0.3 is 13.3 Å². The molecule has 0 saturated carbocycles. The van der Waals surface area contributed by atoms with Gasteiger partial charge in [0.2, 0.25) is 0 Å². The van der Waals surface area contributed by atoms with Crippen molar-refractivity contribution in [1.29, 1.82) is 0 Å². The smallest absolute Gasteiger partial charge is 0.507 e. The number of unbranched alkanes of at least 4 members (excludes halogenated alkanes) is 1. The van der Waals surface area contributed by atoms with Gasteiger partial charge < -0.3 is 33.6 Å². The number of aryl methyl sites for hydroxylation is 1. The third-order valence-electron chi connectivity index (χ3n) is 7.19. The first-order chi connectivity index (χ1) is 18.7. The van der Waals surface area contributed by atoms with Crippen LogP contribution in [-0.4, -0.2) is 68.7 Å². The van der Waals surface area contributed by atoms with Crippen LogP contribution in [0.3, 0.4) is 0 Å². The van der Waals surface area contributed by atoms with Gasteiger partial charge in [0, 0.05) is 13.0 Å². The minimum absolute atomic E-state index is 0.0233. The highest BCUT2D eigenvalue weighted by molar-refractivity contribution is 6.37. The molecule has 228 valence electrons. The van der Waals surface area contributed by atoms with Crippen molar-refractivity contribution in [3.8, 4) is 5.75 Å². The number of hydrogen-bond acceptors (Lipinski definition) is 8. The van der Waals surface area contributed by atoms with Crippen molar-refractivity contribution in [3.63, 3.8) is 0 Å². The molecule has 1 aromatic rings. The molecule has 0 aromatic heterocycles. The number of benzene rings is 1. The summed E-state index contributed by atoms with van der Waals surface area (Å²) in [5.41, 5.74) is 2.23. The van der Waals surface area contributed by atoms with Crippen LogP contribution in [0, 0.1) is 5.92 Å². The van der Waals surface area contributed by atoms with E-state index in [0.717, 1.165) is 29.5 Å². The van der Waals surface area contributed by atoms with Crippen LogP contribution in [0.5, 0.6) is 5.75 Å². The minimum atomic E-state index is -0.934. The Bertz CT molecular complexity index is 873. The van der Waals surface area contributed by atoms with Gasteiger partial charge in [-0.15, -0.1) is 0 Å². The number of hydrogen-bond donors (Lipinski definition) is 2. The van der Waals surface area contributed by atoms with Gasteiger partial charge in [-0.05, 0) is 46.3 Å². The number of ether oxygens (including phenoxy) is 2. The summed E-state index contributed by atoms with van der Waals surface area (Å²) in [6.07, 6.45) is 4.03. The highest BCUT2D eigenvalue weighted by Gasteiger charge is 2.34. The lowest BCUT2D eigenvalue weighted by atomic mass is 9.78. The number of esters is 1. The van der Waals surface area contributed by atoms with Crippen molar-refractivity contribution in [2.24, 2.45) is 5.92 Å². The maximum absolute atomic E-state index is 12.4. The molecule has 1 fully saturated rings. The molecule has 0 bridgehead atoms. The summed E-state index contributed by atoms with van der Waals surface area (Å²) in [7, 11) is -0.678. The topological polar surface area (TPSA) is 104 Å². The number of carbonyl (C=O) groups is 1. The first-order valence-corrected chi connectivity index (χ1v) is 14.9. The Morgan fingerprint density at radius 1 is 1.07 bits per heavy atom. The number of aliphatic hydroxyl groups is 1. The second kappa shape index (κ2) is 16.1. The monoisotopic (exact) mass is 564 g/mol. The number of aliphatic hydroxyl groups excluding tert-OH is 1. The standard InChI is InChI=1S/C31H53BO8/c1-9-11-12-22(10-2)17-38-32-39-21-25(40-32)20-36-18-24(33)19-37-28(34)14-13-23-15-26(30(3,4)5)29(35)27(16-23)31(6,7)8/h15-16,22,24-25,33,35H,9-14,17-21H2,1-8H3. The second-order valence-corrected chi connectivity index (χ2v) is 13.0. The fraction of sp³-hybridized carbons (Fsp3) is 0.774. The molecule has 2 N–H and O–H groups in total. The van der Waals surface area contributed by atoms with Crippen LogP contribution in [0.2, 0.25) is 0 Å². The highest BCUT2D eigenvalue weighted by atomic mass is 16.8. The summed E-state index contributed by atoms with van der Waals surface area (Å²) in [4.78, 5) is 12.4. The maximum atomic E-state index is 12.4. The minimum Gasteiger partial charge on any atom is -0.507 e. The van der Waals surface area contributed by atoms with E-state index in [1.165, 1.54) is 12.8 Å². The first-order valence-electron chi connectivity index (χ1n) is 14.9. The molecule has 0 radical (unpaired) electrons. The van der Waals surface area contributed by atoms with E-state index < -0.39 is 19.4 Å². The summed E-state index contributed by atoms with van der Waals surface area (Å²) in [6.45, 7) is 17.8. The predicted octanol–water partition coefficient (Wildman–Crippen LogP) is 5.47. The molecule has 2 rings (SSSR count). The van der Waals surface area contributed by atoms with E-state index in [9.17, 15) is 15.0 Å². The fourth-order valence-electron chi connectivity index (χ4n) is 4.58. The number of rotatable bonds is 16. The summed E-state index contributed by atoms with van der Waals surface area (Å²) in [5.74, 6) is 0.432. The van der Waals surface area contributed by atoms with E-state index in [1.807, 2.05) is 12.1 Å². The van der Waals surface area contributed by atoms with E-state index in [0.29, 0.717) is 31.3 Å². The van der Waals surface area contributed by atoms with Crippen LogP contribution < -0.4 is 0 Å². The summed E-state index contributed by atoms with van der Waals surface area (Å²) < 4.78 is 27.9. The molecule has 3 unspecified atom stereocenters. The molecule has 0 spiro atoms. The van der Waals surface area contributed by atoms with Gasteiger partial charge in [0.1, 0.15) is 18.5 Å². The van der Waals surface area contributed by atoms with Gasteiger partial charge in [0.25, 0.3) is 0 Å². The molecule has 1 aliphatic rings. The Labute approximate surface area is 242 Å². The maximum Gasteiger partial charge on any atom is 0.639 e. The Balaban J connectivity index is 1.70. The van der Waals surface area contributed by atoms with E-state index in [4.69, 9.17) is 23.4 Å². The molecule has 40 heavy (non-hydrogen) atoms. The zero-order valence-corrected chi connectivity index (χ0v) is 26.1. The van der Waals surface area contributed by atoms with Crippen LogP contribution >= 0.6 is 0 Å². The van der Waals surface area contributed by atoms with Crippen molar-refractivity contribution >= 4 is 13.3 Å². The second-order valence-electron chi connectivity index (χ2n) is 13.0. The Hall–Kier alpha value is -1.65. The van der Waals surface area contributed by atoms with Crippen molar-refractivity contribution in [2.75, 3.05) is 33.0 Å². The van der Waals surface area contributed by atoms with Gasteiger partial charge in [0.05, 0.1) is 25.9 Å². The van der Waals surface area contributed by atoms with Crippen molar-refractivity contribution in [3.05, 3.63) is 28.8 Å². The van der Waals surface area contributed by atoms with Crippen LogP contribution in [0.25, 0.3) is 0 Å². The van der Waals surface area contributed by atoms with Crippen molar-refractivity contribution < 1.29 is 38.4 Å². The molecule has 3 atom stereocenters. The molecule has 8 nitrogen and oxygen atoms in total. The molecule has 1 heterocycles. The van der Waals surface area contributed by atoms with Gasteiger partial charge in [-0.1, -0.05) is 86.8 Å². The lowest BCUT2D eigenvalue weighted by Gasteiger charge is -2.28. The molecule has 1 aliphatic heterocycles. The van der Waals surface area contributed by atoms with Crippen LogP contribution in [0.1, 0.15) is 104 Å². The van der Waals surface area contributed by atoms with E-state index >= 15 is 0 Å². The lowest BCUT2D eigenvalue weighted by Crippen LogP contribution is -2.28. The van der Waals surface area contributed by atoms with Crippen LogP contribution in [0.15, 0.2) is 12.1 Å². The predicted molar refractivity (Wildman–Crippen MR) is 157 cm³/mol.